The minimum Gasteiger partial charge on any atom is -0.498 e. The summed E-state index contributed by atoms with van der Waals surface area (Å²) >= 11 is 0. The number of rotatable bonds is 0. The van der Waals surface area contributed by atoms with Crippen molar-refractivity contribution in [2.24, 2.45) is 11.3 Å². The van der Waals surface area contributed by atoms with Gasteiger partial charge in [-0.1, -0.05) is 20.8 Å². The van der Waals surface area contributed by atoms with E-state index in [9.17, 15) is 0 Å². The lowest BCUT2D eigenvalue weighted by Crippen LogP contribution is -2.36. The van der Waals surface area contributed by atoms with E-state index >= 15 is 0 Å². The molecular weight excluding hydrogens is 124 g/mol. The minimum absolute atomic E-state index is 0.286. The second-order valence-corrected chi connectivity index (χ2v) is 3.72. The number of hydrogen-bond acceptors (Lipinski definition) is 1. The Hall–Kier alpha value is -0.460. The lowest BCUT2D eigenvalue weighted by molar-refractivity contribution is 0.00697. The summed E-state index contributed by atoms with van der Waals surface area (Å²) in [6.07, 6.45) is 4.29. The van der Waals surface area contributed by atoms with Gasteiger partial charge in [-0.2, -0.15) is 0 Å². The number of allylic oxidation sites excluding steroid dienone is 1. The number of ether oxygens (including phenoxy) is 1. The first-order chi connectivity index (χ1) is 4.55. The summed E-state index contributed by atoms with van der Waals surface area (Å²) in [4.78, 5) is 0. The average molecular weight is 140 g/mol. The van der Waals surface area contributed by atoms with E-state index in [1.807, 2.05) is 6.26 Å². The minimum atomic E-state index is 0.286. The van der Waals surface area contributed by atoms with E-state index in [0.29, 0.717) is 12.0 Å². The Morgan fingerprint density at radius 1 is 1.30 bits per heavy atom. The monoisotopic (exact) mass is 140 g/mol. The molecule has 1 aliphatic heterocycles. The van der Waals surface area contributed by atoms with Gasteiger partial charge < -0.3 is 4.74 Å². The van der Waals surface area contributed by atoms with Gasteiger partial charge in [-0.15, -0.1) is 0 Å². The molecule has 1 aliphatic rings. The molecule has 10 heavy (non-hydrogen) atoms. The Kier molecular flexibility index (Phi) is 1.76. The van der Waals surface area contributed by atoms with Crippen molar-refractivity contribution in [2.45, 2.75) is 33.8 Å². The van der Waals surface area contributed by atoms with E-state index in [1.54, 1.807) is 0 Å². The third-order valence-electron chi connectivity index (χ3n) is 2.87. The molecule has 1 rings (SSSR count). The van der Waals surface area contributed by atoms with Crippen LogP contribution in [0.1, 0.15) is 27.7 Å². The molecular formula is C9H16O. The molecule has 0 spiro atoms. The van der Waals surface area contributed by atoms with E-state index in [-0.39, 0.29) is 5.41 Å². The third-order valence-corrected chi connectivity index (χ3v) is 2.87. The molecule has 2 atom stereocenters. The predicted molar refractivity (Wildman–Crippen MR) is 42.6 cm³/mol. The predicted octanol–water partition coefficient (Wildman–Crippen LogP) is 2.58. The van der Waals surface area contributed by atoms with Gasteiger partial charge in [-0.3, -0.25) is 0 Å². The summed E-state index contributed by atoms with van der Waals surface area (Å²) < 4.78 is 5.38. The molecule has 1 heterocycles. The second kappa shape index (κ2) is 2.30. The molecule has 58 valence electrons. The highest BCUT2D eigenvalue weighted by Crippen LogP contribution is 2.36. The Morgan fingerprint density at radius 3 is 2.30 bits per heavy atom. The van der Waals surface area contributed by atoms with Crippen molar-refractivity contribution < 1.29 is 4.74 Å². The van der Waals surface area contributed by atoms with Crippen molar-refractivity contribution in [3.63, 3.8) is 0 Å². The van der Waals surface area contributed by atoms with Gasteiger partial charge in [0.25, 0.3) is 0 Å². The molecule has 0 amide bonds. The summed E-state index contributed by atoms with van der Waals surface area (Å²) in [5, 5.41) is 0. The standard InChI is InChI=1S/C9H16O/c1-7-5-6-10-8(2)9(7,3)4/h5-8H,1-4H3. The van der Waals surface area contributed by atoms with Crippen LogP contribution < -0.4 is 0 Å². The molecule has 0 N–H and O–H groups in total. The van der Waals surface area contributed by atoms with E-state index < -0.39 is 0 Å². The van der Waals surface area contributed by atoms with Crippen LogP contribution >= 0.6 is 0 Å². The third kappa shape index (κ3) is 1.05. The van der Waals surface area contributed by atoms with Crippen molar-refractivity contribution in [3.05, 3.63) is 12.3 Å². The van der Waals surface area contributed by atoms with Crippen molar-refractivity contribution in [3.8, 4) is 0 Å². The highest BCUT2D eigenvalue weighted by Gasteiger charge is 2.33. The molecule has 1 nitrogen and oxygen atoms in total. The largest absolute Gasteiger partial charge is 0.498 e. The Bertz CT molecular complexity index is 147. The first-order valence-corrected chi connectivity index (χ1v) is 3.87. The molecule has 1 heteroatoms. The van der Waals surface area contributed by atoms with E-state index in [1.165, 1.54) is 0 Å². The molecule has 0 saturated carbocycles. The molecule has 0 aromatic carbocycles. The van der Waals surface area contributed by atoms with Crippen LogP contribution in [-0.4, -0.2) is 6.10 Å². The van der Waals surface area contributed by atoms with Crippen molar-refractivity contribution in [1.29, 1.82) is 0 Å². The summed E-state index contributed by atoms with van der Waals surface area (Å²) in [5.41, 5.74) is 0.286. The average Bonchev–Trinajstić information content (AvgIpc) is 1.84. The van der Waals surface area contributed by atoms with Crippen LogP contribution in [0.5, 0.6) is 0 Å². The highest BCUT2D eigenvalue weighted by molar-refractivity contribution is 4.97. The topological polar surface area (TPSA) is 9.23 Å². The quantitative estimate of drug-likeness (QED) is 0.502. The van der Waals surface area contributed by atoms with Crippen molar-refractivity contribution >= 4 is 0 Å². The maximum atomic E-state index is 5.38. The molecule has 0 aliphatic carbocycles. The maximum absolute atomic E-state index is 5.38. The summed E-state index contributed by atoms with van der Waals surface area (Å²) in [5.74, 6) is 0.622. The van der Waals surface area contributed by atoms with Gasteiger partial charge >= 0.3 is 0 Å². The first-order valence-electron chi connectivity index (χ1n) is 3.87. The fourth-order valence-electron chi connectivity index (χ4n) is 1.07. The maximum Gasteiger partial charge on any atom is 0.101 e. The van der Waals surface area contributed by atoms with Crippen LogP contribution in [0.2, 0.25) is 0 Å². The second-order valence-electron chi connectivity index (χ2n) is 3.72. The van der Waals surface area contributed by atoms with Gasteiger partial charge in [-0.05, 0) is 18.9 Å². The zero-order valence-corrected chi connectivity index (χ0v) is 7.22. The number of hydrogen-bond donors (Lipinski definition) is 0. The molecule has 0 aromatic heterocycles. The molecule has 0 radical (unpaired) electrons. The fraction of sp³-hybridized carbons (Fsp3) is 0.778. The smallest absolute Gasteiger partial charge is 0.101 e. The van der Waals surface area contributed by atoms with E-state index in [4.69, 9.17) is 4.74 Å². The van der Waals surface area contributed by atoms with Gasteiger partial charge in [-0.25, -0.2) is 0 Å². The van der Waals surface area contributed by atoms with Gasteiger partial charge in [0.05, 0.1) is 6.26 Å². The Labute approximate surface area is 63.1 Å². The lowest BCUT2D eigenvalue weighted by Gasteiger charge is -2.38. The van der Waals surface area contributed by atoms with Crippen LogP contribution in [-0.2, 0) is 4.74 Å². The molecule has 0 saturated heterocycles. The van der Waals surface area contributed by atoms with Gasteiger partial charge in [0, 0.05) is 5.41 Å². The Morgan fingerprint density at radius 2 is 1.90 bits per heavy atom. The normalized spacial score (nSPS) is 37.2. The van der Waals surface area contributed by atoms with E-state index in [2.05, 4.69) is 33.8 Å². The fourth-order valence-corrected chi connectivity index (χ4v) is 1.07. The van der Waals surface area contributed by atoms with Crippen LogP contribution in [0.4, 0.5) is 0 Å². The lowest BCUT2D eigenvalue weighted by atomic mass is 9.75. The van der Waals surface area contributed by atoms with Gasteiger partial charge in [0.15, 0.2) is 0 Å². The zero-order chi connectivity index (χ0) is 7.78. The Balaban J connectivity index is 2.78. The van der Waals surface area contributed by atoms with Crippen LogP contribution in [0.3, 0.4) is 0 Å². The molecule has 0 bridgehead atoms. The SMILES string of the molecule is CC1C=COC(C)C1(C)C. The zero-order valence-electron chi connectivity index (χ0n) is 7.22. The summed E-state index contributed by atoms with van der Waals surface area (Å²) in [6, 6.07) is 0. The van der Waals surface area contributed by atoms with Crippen LogP contribution in [0.25, 0.3) is 0 Å². The van der Waals surface area contributed by atoms with Gasteiger partial charge in [0.2, 0.25) is 0 Å². The van der Waals surface area contributed by atoms with Gasteiger partial charge in [0.1, 0.15) is 6.10 Å². The molecule has 0 fully saturated rings. The van der Waals surface area contributed by atoms with Crippen molar-refractivity contribution in [2.75, 3.05) is 0 Å². The summed E-state index contributed by atoms with van der Waals surface area (Å²) in [6.45, 7) is 8.84. The first kappa shape index (κ1) is 7.64. The van der Waals surface area contributed by atoms with Crippen LogP contribution in [0, 0.1) is 11.3 Å². The molecule has 0 aromatic rings. The molecule has 2 unspecified atom stereocenters. The summed E-state index contributed by atoms with van der Waals surface area (Å²) in [7, 11) is 0. The van der Waals surface area contributed by atoms with Crippen molar-refractivity contribution in [1.82, 2.24) is 0 Å². The highest BCUT2D eigenvalue weighted by atomic mass is 16.5. The van der Waals surface area contributed by atoms with Crippen LogP contribution in [0.15, 0.2) is 12.3 Å². The van der Waals surface area contributed by atoms with E-state index in [0.717, 1.165) is 0 Å².